The highest BCUT2D eigenvalue weighted by Crippen LogP contribution is 2.19. The zero-order valence-electron chi connectivity index (χ0n) is 11.3. The molecular weight excluding hydrogens is 220 g/mol. The second-order valence-electron chi connectivity index (χ2n) is 5.80. The number of rotatable bonds is 5. The maximum absolute atomic E-state index is 11.7. The van der Waals surface area contributed by atoms with E-state index in [9.17, 15) is 9.59 Å². The Kier molecular flexibility index (Phi) is 5.61. The minimum absolute atomic E-state index is 0.139. The van der Waals surface area contributed by atoms with Crippen LogP contribution < -0.4 is 11.1 Å². The Labute approximate surface area is 103 Å². The van der Waals surface area contributed by atoms with Crippen molar-refractivity contribution in [3.05, 3.63) is 0 Å². The SMILES string of the molecule is CC(C)[C@@H](NC(=O)CC(N)C(C)(C)C)C(=O)O. The molecule has 0 aromatic carbocycles. The number of amides is 1. The minimum atomic E-state index is -1.02. The van der Waals surface area contributed by atoms with Gasteiger partial charge < -0.3 is 16.2 Å². The van der Waals surface area contributed by atoms with E-state index in [4.69, 9.17) is 10.8 Å². The van der Waals surface area contributed by atoms with Gasteiger partial charge in [0.2, 0.25) is 5.91 Å². The van der Waals surface area contributed by atoms with Gasteiger partial charge in [0.15, 0.2) is 0 Å². The highest BCUT2D eigenvalue weighted by Gasteiger charge is 2.27. The van der Waals surface area contributed by atoms with Crippen molar-refractivity contribution in [3.8, 4) is 0 Å². The first-order valence-electron chi connectivity index (χ1n) is 5.83. The lowest BCUT2D eigenvalue weighted by molar-refractivity contribution is -0.143. The number of carboxylic acids is 1. The molecule has 0 aliphatic carbocycles. The molecule has 0 fully saturated rings. The predicted molar refractivity (Wildman–Crippen MR) is 66.5 cm³/mol. The molecule has 0 aromatic rings. The Bertz CT molecular complexity index is 282. The first kappa shape index (κ1) is 15.9. The number of hydrogen-bond acceptors (Lipinski definition) is 3. The third-order valence-electron chi connectivity index (χ3n) is 2.77. The fourth-order valence-corrected chi connectivity index (χ4v) is 1.25. The Morgan fingerprint density at radius 2 is 1.76 bits per heavy atom. The van der Waals surface area contributed by atoms with E-state index >= 15 is 0 Å². The Morgan fingerprint density at radius 1 is 1.29 bits per heavy atom. The second-order valence-corrected chi connectivity index (χ2v) is 5.80. The van der Waals surface area contributed by atoms with Gasteiger partial charge in [0.25, 0.3) is 0 Å². The van der Waals surface area contributed by atoms with Crippen molar-refractivity contribution in [1.82, 2.24) is 5.32 Å². The van der Waals surface area contributed by atoms with Crippen molar-refractivity contribution < 1.29 is 14.7 Å². The van der Waals surface area contributed by atoms with Gasteiger partial charge in [0.05, 0.1) is 0 Å². The molecule has 4 N–H and O–H groups in total. The fourth-order valence-electron chi connectivity index (χ4n) is 1.25. The highest BCUT2D eigenvalue weighted by atomic mass is 16.4. The molecule has 1 amide bonds. The highest BCUT2D eigenvalue weighted by molar-refractivity contribution is 5.84. The van der Waals surface area contributed by atoms with Crippen LogP contribution in [0.2, 0.25) is 0 Å². The Hall–Kier alpha value is -1.10. The summed E-state index contributed by atoms with van der Waals surface area (Å²) in [6.45, 7) is 9.34. The normalized spacial score (nSPS) is 15.5. The van der Waals surface area contributed by atoms with Crippen LogP contribution in [-0.4, -0.2) is 29.1 Å². The molecule has 0 radical (unpaired) electrons. The quantitative estimate of drug-likeness (QED) is 0.672. The van der Waals surface area contributed by atoms with Gasteiger partial charge in [-0.05, 0) is 11.3 Å². The van der Waals surface area contributed by atoms with Crippen LogP contribution in [0.25, 0.3) is 0 Å². The number of carbonyl (C=O) groups is 2. The molecule has 5 heteroatoms. The van der Waals surface area contributed by atoms with Gasteiger partial charge in [-0.15, -0.1) is 0 Å². The van der Waals surface area contributed by atoms with Crippen molar-refractivity contribution in [3.63, 3.8) is 0 Å². The molecule has 0 heterocycles. The van der Waals surface area contributed by atoms with Crippen LogP contribution >= 0.6 is 0 Å². The zero-order chi connectivity index (χ0) is 13.8. The summed E-state index contributed by atoms with van der Waals surface area (Å²) in [7, 11) is 0. The van der Waals surface area contributed by atoms with Crippen LogP contribution in [0.3, 0.4) is 0 Å². The molecule has 0 bridgehead atoms. The van der Waals surface area contributed by atoms with E-state index in [0.29, 0.717) is 0 Å². The molecule has 2 atom stereocenters. The molecule has 1 unspecified atom stereocenters. The molecule has 100 valence electrons. The summed E-state index contributed by atoms with van der Waals surface area (Å²) in [5, 5.41) is 11.4. The molecule has 0 aromatic heterocycles. The summed E-state index contributed by atoms with van der Waals surface area (Å²) < 4.78 is 0. The zero-order valence-corrected chi connectivity index (χ0v) is 11.3. The summed E-state index contributed by atoms with van der Waals surface area (Å²) in [6, 6.07) is -1.14. The van der Waals surface area contributed by atoms with Gasteiger partial charge in [0.1, 0.15) is 6.04 Å². The minimum Gasteiger partial charge on any atom is -0.480 e. The van der Waals surface area contributed by atoms with Crippen LogP contribution in [0.5, 0.6) is 0 Å². The molecule has 0 saturated heterocycles. The van der Waals surface area contributed by atoms with Crippen molar-refractivity contribution in [2.24, 2.45) is 17.1 Å². The lowest BCUT2D eigenvalue weighted by atomic mass is 9.85. The monoisotopic (exact) mass is 244 g/mol. The summed E-state index contributed by atoms with van der Waals surface area (Å²) in [5.41, 5.74) is 5.70. The molecule has 0 rings (SSSR count). The van der Waals surface area contributed by atoms with E-state index in [0.717, 1.165) is 0 Å². The average Bonchev–Trinajstić information content (AvgIpc) is 2.11. The largest absolute Gasteiger partial charge is 0.480 e. The first-order valence-corrected chi connectivity index (χ1v) is 5.83. The maximum atomic E-state index is 11.7. The summed E-state index contributed by atoms with van der Waals surface area (Å²) in [4.78, 5) is 22.6. The summed E-state index contributed by atoms with van der Waals surface area (Å²) in [6.07, 6.45) is 0.139. The molecular formula is C12H24N2O3. The van der Waals surface area contributed by atoms with Gasteiger partial charge in [-0.25, -0.2) is 4.79 Å². The van der Waals surface area contributed by atoms with Gasteiger partial charge in [-0.1, -0.05) is 34.6 Å². The van der Waals surface area contributed by atoms with Crippen molar-refractivity contribution >= 4 is 11.9 Å². The van der Waals surface area contributed by atoms with E-state index in [1.165, 1.54) is 0 Å². The van der Waals surface area contributed by atoms with E-state index in [1.54, 1.807) is 13.8 Å². The summed E-state index contributed by atoms with van der Waals surface area (Å²) in [5.74, 6) is -1.48. The number of carbonyl (C=O) groups excluding carboxylic acids is 1. The average molecular weight is 244 g/mol. The number of aliphatic carboxylic acids is 1. The van der Waals surface area contributed by atoms with Crippen molar-refractivity contribution in [2.75, 3.05) is 0 Å². The van der Waals surface area contributed by atoms with Crippen molar-refractivity contribution in [2.45, 2.75) is 53.1 Å². The fraction of sp³-hybridized carbons (Fsp3) is 0.833. The van der Waals surface area contributed by atoms with E-state index in [-0.39, 0.29) is 29.7 Å². The first-order chi connectivity index (χ1) is 7.55. The van der Waals surface area contributed by atoms with Crippen LogP contribution in [-0.2, 0) is 9.59 Å². The van der Waals surface area contributed by atoms with Crippen LogP contribution in [0.15, 0.2) is 0 Å². The second kappa shape index (κ2) is 6.00. The smallest absolute Gasteiger partial charge is 0.326 e. The van der Waals surface area contributed by atoms with Crippen LogP contribution in [0.1, 0.15) is 41.0 Å². The van der Waals surface area contributed by atoms with Crippen LogP contribution in [0.4, 0.5) is 0 Å². The van der Waals surface area contributed by atoms with E-state index < -0.39 is 12.0 Å². The third-order valence-corrected chi connectivity index (χ3v) is 2.77. The van der Waals surface area contributed by atoms with E-state index in [1.807, 2.05) is 20.8 Å². The number of nitrogens with two attached hydrogens (primary N) is 1. The molecule has 0 aliphatic heterocycles. The van der Waals surface area contributed by atoms with Gasteiger partial charge in [0, 0.05) is 12.5 Å². The molecule has 0 spiro atoms. The maximum Gasteiger partial charge on any atom is 0.326 e. The Morgan fingerprint density at radius 3 is 2.06 bits per heavy atom. The number of hydrogen-bond donors (Lipinski definition) is 3. The van der Waals surface area contributed by atoms with E-state index in [2.05, 4.69) is 5.32 Å². The van der Waals surface area contributed by atoms with Crippen molar-refractivity contribution in [1.29, 1.82) is 0 Å². The Balaban J connectivity index is 4.40. The molecule has 17 heavy (non-hydrogen) atoms. The third kappa shape index (κ3) is 5.68. The number of nitrogens with one attached hydrogen (secondary N) is 1. The topological polar surface area (TPSA) is 92.4 Å². The lowest BCUT2D eigenvalue weighted by Crippen LogP contribution is -2.47. The standard InChI is InChI=1S/C12H24N2O3/c1-7(2)10(11(16)17)14-9(15)6-8(13)12(3,4)5/h7-8,10H,6,13H2,1-5H3,(H,14,15)(H,16,17)/t8?,10-/m1/s1. The van der Waals surface area contributed by atoms with Gasteiger partial charge in [-0.3, -0.25) is 4.79 Å². The van der Waals surface area contributed by atoms with Gasteiger partial charge in [-0.2, -0.15) is 0 Å². The van der Waals surface area contributed by atoms with Gasteiger partial charge >= 0.3 is 5.97 Å². The summed E-state index contributed by atoms with van der Waals surface area (Å²) >= 11 is 0. The molecule has 5 nitrogen and oxygen atoms in total. The number of carboxylic acid groups (broad SMARTS) is 1. The van der Waals surface area contributed by atoms with Crippen LogP contribution in [0, 0.1) is 11.3 Å². The molecule has 0 aliphatic rings. The molecule has 0 saturated carbocycles. The predicted octanol–water partition coefficient (Wildman–Crippen LogP) is 0.975. The lowest BCUT2D eigenvalue weighted by Gasteiger charge is -2.27.